The van der Waals surface area contributed by atoms with Crippen molar-refractivity contribution in [3.05, 3.63) is 53.8 Å². The van der Waals surface area contributed by atoms with Crippen LogP contribution in [0.1, 0.15) is 12.0 Å². The summed E-state index contributed by atoms with van der Waals surface area (Å²) >= 11 is 0. The summed E-state index contributed by atoms with van der Waals surface area (Å²) in [5.41, 5.74) is 1.85. The van der Waals surface area contributed by atoms with Crippen LogP contribution in [0, 0.1) is 17.1 Å². The van der Waals surface area contributed by atoms with Crippen molar-refractivity contribution in [3.63, 3.8) is 0 Å². The van der Waals surface area contributed by atoms with Gasteiger partial charge in [0.2, 0.25) is 6.79 Å². The number of ether oxygens (including phenoxy) is 2. The summed E-state index contributed by atoms with van der Waals surface area (Å²) in [6.07, 6.45) is 0.242. The van der Waals surface area contributed by atoms with Crippen LogP contribution in [0.25, 0.3) is 0 Å². The van der Waals surface area contributed by atoms with Crippen LogP contribution >= 0.6 is 0 Å². The normalized spacial score (nSPS) is 19.6. The van der Waals surface area contributed by atoms with Gasteiger partial charge in [0, 0.05) is 17.8 Å². The monoisotopic (exact) mass is 426 g/mol. The molecule has 0 atom stereocenters. The maximum atomic E-state index is 13.3. The topological polar surface area (TPSA) is 71.4 Å². The summed E-state index contributed by atoms with van der Waals surface area (Å²) in [5.74, 6) is 1.23. The third-order valence-electron chi connectivity index (χ3n) is 5.84. The fraction of sp³-hybridized carbons (Fsp3) is 0.391. The third-order valence-corrected chi connectivity index (χ3v) is 5.84. The highest BCUT2D eigenvalue weighted by Crippen LogP contribution is 2.32. The van der Waals surface area contributed by atoms with Crippen molar-refractivity contribution in [2.24, 2.45) is 0 Å². The average molecular weight is 426 g/mol. The zero-order valence-corrected chi connectivity index (χ0v) is 17.4. The smallest absolute Gasteiger partial charge is 0.282 e. The molecule has 1 saturated heterocycles. The second-order valence-electron chi connectivity index (χ2n) is 7.97. The van der Waals surface area contributed by atoms with Crippen molar-refractivity contribution >= 4 is 11.6 Å². The second kappa shape index (κ2) is 9.77. The number of carbonyl (C=O) groups is 1. The predicted octanol–water partition coefficient (Wildman–Crippen LogP) is -0.215. The number of hydrogen-bond donors (Lipinski definition) is 2. The van der Waals surface area contributed by atoms with Gasteiger partial charge in [0.25, 0.3) is 5.91 Å². The molecule has 8 heteroatoms. The lowest BCUT2D eigenvalue weighted by molar-refractivity contribution is -1.02. The van der Waals surface area contributed by atoms with Crippen molar-refractivity contribution in [1.82, 2.24) is 0 Å². The number of fused-ring (bicyclic) bond motifs is 1. The molecule has 4 rings (SSSR count). The minimum Gasteiger partial charge on any atom is -0.454 e. The van der Waals surface area contributed by atoms with Gasteiger partial charge in [0.05, 0.1) is 12.5 Å². The molecule has 0 radical (unpaired) electrons. The fourth-order valence-corrected chi connectivity index (χ4v) is 4.14. The van der Waals surface area contributed by atoms with Gasteiger partial charge in [-0.2, -0.15) is 5.26 Å². The van der Waals surface area contributed by atoms with E-state index < -0.39 is 0 Å². The first-order chi connectivity index (χ1) is 15.1. The molecular weight excluding hydrogens is 399 g/mol. The fourth-order valence-electron chi connectivity index (χ4n) is 4.14. The van der Waals surface area contributed by atoms with E-state index in [4.69, 9.17) is 14.7 Å². The molecule has 2 N–H and O–H groups in total. The highest BCUT2D eigenvalue weighted by atomic mass is 19.1. The minimum absolute atomic E-state index is 0.0314. The number of hydrogen-bond acceptors (Lipinski definition) is 4. The third kappa shape index (κ3) is 5.32. The maximum Gasteiger partial charge on any atom is 0.282 e. The van der Waals surface area contributed by atoms with E-state index in [0.717, 1.165) is 44.2 Å². The van der Waals surface area contributed by atoms with Crippen LogP contribution in [0.4, 0.5) is 10.1 Å². The van der Waals surface area contributed by atoms with Gasteiger partial charge in [0.15, 0.2) is 18.0 Å². The lowest BCUT2D eigenvalue weighted by atomic mass is 10.1. The standard InChI is InChI=1S/C23H25FN4O3/c24-19-3-5-20(6-4-19)28(9-1-8-25)23(29)16-27-12-10-26(11-13-27)15-18-2-7-21-22(14-18)31-17-30-21/h2-7,14H,1,9-13,15-17H2/p+2. The minimum atomic E-state index is -0.344. The summed E-state index contributed by atoms with van der Waals surface area (Å²) in [5, 5.41) is 8.94. The van der Waals surface area contributed by atoms with Gasteiger partial charge in [0.1, 0.15) is 38.5 Å². The summed E-state index contributed by atoms with van der Waals surface area (Å²) in [6, 6.07) is 14.0. The Hall–Kier alpha value is -3.15. The van der Waals surface area contributed by atoms with E-state index in [9.17, 15) is 9.18 Å². The number of benzene rings is 2. The molecule has 1 fully saturated rings. The van der Waals surface area contributed by atoms with Crippen LogP contribution in [0.3, 0.4) is 0 Å². The summed E-state index contributed by atoms with van der Waals surface area (Å²) < 4.78 is 24.1. The Labute approximate surface area is 181 Å². The van der Waals surface area contributed by atoms with E-state index in [-0.39, 0.29) is 24.9 Å². The van der Waals surface area contributed by atoms with Crippen LogP contribution in [-0.4, -0.2) is 52.0 Å². The van der Waals surface area contributed by atoms with Gasteiger partial charge in [-0.1, -0.05) is 0 Å². The molecule has 0 aliphatic carbocycles. The largest absolute Gasteiger partial charge is 0.454 e. The van der Waals surface area contributed by atoms with Gasteiger partial charge < -0.3 is 24.2 Å². The molecule has 0 bridgehead atoms. The molecular formula is C23H27FN4O3+2. The number of anilines is 1. The van der Waals surface area contributed by atoms with Crippen LogP contribution in [0.2, 0.25) is 0 Å². The Morgan fingerprint density at radius 1 is 1.03 bits per heavy atom. The van der Waals surface area contributed by atoms with Gasteiger partial charge in [-0.05, 0) is 42.5 Å². The number of nitrogens with zero attached hydrogens (tertiary/aromatic N) is 2. The molecule has 2 aliphatic heterocycles. The highest BCUT2D eigenvalue weighted by molar-refractivity contribution is 5.94. The highest BCUT2D eigenvalue weighted by Gasteiger charge is 2.28. The summed E-state index contributed by atoms with van der Waals surface area (Å²) in [6.45, 7) is 5.66. The van der Waals surface area contributed by atoms with Gasteiger partial charge >= 0.3 is 0 Å². The van der Waals surface area contributed by atoms with Crippen molar-refractivity contribution in [2.75, 3.05) is 51.0 Å². The number of nitrogens with one attached hydrogen (secondary N) is 2. The molecule has 2 aliphatic rings. The Morgan fingerprint density at radius 2 is 1.74 bits per heavy atom. The van der Waals surface area contributed by atoms with Gasteiger partial charge in [-0.3, -0.25) is 4.79 Å². The number of amides is 1. The summed E-state index contributed by atoms with van der Waals surface area (Å²) in [4.78, 5) is 17.3. The number of quaternary nitrogens is 2. The molecule has 0 aromatic heterocycles. The van der Waals surface area contributed by atoms with Crippen molar-refractivity contribution < 1.29 is 28.5 Å². The molecule has 31 heavy (non-hydrogen) atoms. The number of carbonyl (C=O) groups excluding carboxylic acids is 1. The quantitative estimate of drug-likeness (QED) is 0.643. The SMILES string of the molecule is N#CCCN(C(=O)C[NH+]1CC[NH+](Cc2ccc3c(c2)OCO3)CC1)c1ccc(F)cc1. The molecule has 7 nitrogen and oxygen atoms in total. The van der Waals surface area contributed by atoms with E-state index in [1.807, 2.05) is 12.1 Å². The number of nitriles is 1. The second-order valence-corrected chi connectivity index (χ2v) is 7.97. The first-order valence-corrected chi connectivity index (χ1v) is 10.6. The Bertz CT molecular complexity index is 952. The molecule has 2 aromatic rings. The van der Waals surface area contributed by atoms with E-state index in [2.05, 4.69) is 12.1 Å². The molecule has 0 saturated carbocycles. The Kier molecular flexibility index (Phi) is 6.65. The molecule has 0 unspecified atom stereocenters. The first kappa shape index (κ1) is 21.1. The zero-order valence-electron chi connectivity index (χ0n) is 17.4. The van der Waals surface area contributed by atoms with Gasteiger partial charge in [-0.25, -0.2) is 4.39 Å². The van der Waals surface area contributed by atoms with E-state index in [1.54, 1.807) is 17.0 Å². The lowest BCUT2D eigenvalue weighted by Gasteiger charge is -2.31. The first-order valence-electron chi connectivity index (χ1n) is 10.6. The van der Waals surface area contributed by atoms with E-state index in [0.29, 0.717) is 18.8 Å². The van der Waals surface area contributed by atoms with Crippen LogP contribution in [0.5, 0.6) is 11.5 Å². The van der Waals surface area contributed by atoms with E-state index in [1.165, 1.54) is 27.5 Å². The van der Waals surface area contributed by atoms with Crippen molar-refractivity contribution in [3.8, 4) is 17.6 Å². The van der Waals surface area contributed by atoms with E-state index >= 15 is 0 Å². The molecule has 2 heterocycles. The van der Waals surface area contributed by atoms with Crippen LogP contribution in [-0.2, 0) is 11.3 Å². The molecule has 1 amide bonds. The molecule has 0 spiro atoms. The molecule has 2 aromatic carbocycles. The number of piperazine rings is 1. The molecule has 162 valence electrons. The van der Waals surface area contributed by atoms with Crippen LogP contribution in [0.15, 0.2) is 42.5 Å². The Balaban J connectivity index is 1.30. The zero-order chi connectivity index (χ0) is 21.6. The van der Waals surface area contributed by atoms with Gasteiger partial charge in [-0.15, -0.1) is 0 Å². The van der Waals surface area contributed by atoms with Crippen LogP contribution < -0.4 is 24.2 Å². The van der Waals surface area contributed by atoms with Crippen molar-refractivity contribution in [1.29, 1.82) is 5.26 Å². The number of halogens is 1. The lowest BCUT2D eigenvalue weighted by Crippen LogP contribution is -3.28. The maximum absolute atomic E-state index is 13.3. The number of rotatable bonds is 7. The Morgan fingerprint density at radius 3 is 2.48 bits per heavy atom. The average Bonchev–Trinajstić information content (AvgIpc) is 3.24. The van der Waals surface area contributed by atoms with Crippen molar-refractivity contribution in [2.45, 2.75) is 13.0 Å². The predicted molar refractivity (Wildman–Crippen MR) is 112 cm³/mol. The summed E-state index contributed by atoms with van der Waals surface area (Å²) in [7, 11) is 0.